The molecule has 2 heterocycles. The van der Waals surface area contributed by atoms with E-state index in [9.17, 15) is 4.79 Å². The van der Waals surface area contributed by atoms with E-state index in [0.717, 1.165) is 39.0 Å². The number of aromatic carboxylic acids is 1. The highest BCUT2D eigenvalue weighted by molar-refractivity contribution is 6.38. The molecule has 0 amide bonds. The highest BCUT2D eigenvalue weighted by Gasteiger charge is 2.17. The van der Waals surface area contributed by atoms with Crippen molar-refractivity contribution in [1.82, 2.24) is 4.98 Å². The summed E-state index contributed by atoms with van der Waals surface area (Å²) in [4.78, 5) is 14.3. The van der Waals surface area contributed by atoms with Crippen LogP contribution in [0.25, 0.3) is 33.7 Å². The first-order valence-corrected chi connectivity index (χ1v) is 8.54. The molecular weight excluding hydrogens is 350 g/mol. The predicted molar refractivity (Wildman–Crippen MR) is 103 cm³/mol. The standard InChI is InChI=1S/C21H16ClNO3/c1-11-9-12(2)19-15(10-11)18(22)20(26-19)17-8-7-16(23-17)13-3-5-14(6-4-13)21(24)25/h3-10,23H,1-2H3,(H,24,25). The molecule has 5 heteroatoms. The number of fused-ring (bicyclic) bond motifs is 1. The van der Waals surface area contributed by atoms with Gasteiger partial charge in [0.2, 0.25) is 0 Å². The van der Waals surface area contributed by atoms with Gasteiger partial charge >= 0.3 is 5.97 Å². The summed E-state index contributed by atoms with van der Waals surface area (Å²) in [6.45, 7) is 4.03. The van der Waals surface area contributed by atoms with Gasteiger partial charge in [-0.15, -0.1) is 0 Å². The average Bonchev–Trinajstić information content (AvgIpc) is 3.21. The number of nitrogens with one attached hydrogen (secondary N) is 1. The molecule has 4 rings (SSSR count). The first kappa shape index (κ1) is 16.5. The lowest BCUT2D eigenvalue weighted by atomic mass is 10.1. The number of rotatable bonds is 3. The molecule has 26 heavy (non-hydrogen) atoms. The summed E-state index contributed by atoms with van der Waals surface area (Å²) >= 11 is 6.57. The van der Waals surface area contributed by atoms with E-state index in [1.165, 1.54) is 0 Å². The van der Waals surface area contributed by atoms with Crippen LogP contribution in [0.1, 0.15) is 21.5 Å². The summed E-state index contributed by atoms with van der Waals surface area (Å²) in [5.41, 5.74) is 5.76. The number of carboxylic acid groups (broad SMARTS) is 1. The first-order chi connectivity index (χ1) is 12.4. The van der Waals surface area contributed by atoms with Gasteiger partial charge in [0.25, 0.3) is 0 Å². The minimum atomic E-state index is -0.941. The number of aryl methyl sites for hydroxylation is 2. The van der Waals surface area contributed by atoms with Crippen LogP contribution in [-0.2, 0) is 0 Å². The largest absolute Gasteiger partial charge is 0.478 e. The zero-order valence-corrected chi connectivity index (χ0v) is 15.0. The first-order valence-electron chi connectivity index (χ1n) is 8.16. The van der Waals surface area contributed by atoms with Crippen LogP contribution in [0.3, 0.4) is 0 Å². The highest BCUT2D eigenvalue weighted by atomic mass is 35.5. The SMILES string of the molecule is Cc1cc(C)c2oc(-c3ccc(-c4ccc(C(=O)O)cc4)[nH]3)c(Cl)c2c1. The second-order valence-corrected chi connectivity index (χ2v) is 6.75. The van der Waals surface area contributed by atoms with Crippen LogP contribution in [-0.4, -0.2) is 16.1 Å². The molecule has 130 valence electrons. The van der Waals surface area contributed by atoms with Crippen molar-refractivity contribution in [3.05, 3.63) is 70.2 Å². The van der Waals surface area contributed by atoms with Crippen molar-refractivity contribution in [2.75, 3.05) is 0 Å². The smallest absolute Gasteiger partial charge is 0.335 e. The van der Waals surface area contributed by atoms with Gasteiger partial charge in [0.15, 0.2) is 5.76 Å². The van der Waals surface area contributed by atoms with Crippen LogP contribution < -0.4 is 0 Å². The quantitative estimate of drug-likeness (QED) is 0.463. The number of carboxylic acids is 1. The second-order valence-electron chi connectivity index (χ2n) is 6.37. The Hall–Kier alpha value is -2.98. The van der Waals surface area contributed by atoms with Gasteiger partial charge < -0.3 is 14.5 Å². The van der Waals surface area contributed by atoms with Crippen molar-refractivity contribution in [2.45, 2.75) is 13.8 Å². The van der Waals surface area contributed by atoms with E-state index in [4.69, 9.17) is 21.1 Å². The van der Waals surface area contributed by atoms with E-state index >= 15 is 0 Å². The number of carbonyl (C=O) groups is 1. The molecule has 0 atom stereocenters. The lowest BCUT2D eigenvalue weighted by molar-refractivity contribution is 0.0697. The zero-order valence-electron chi connectivity index (χ0n) is 14.3. The van der Waals surface area contributed by atoms with Crippen molar-refractivity contribution >= 4 is 28.5 Å². The van der Waals surface area contributed by atoms with Crippen molar-refractivity contribution < 1.29 is 14.3 Å². The molecule has 0 bridgehead atoms. The molecule has 0 aliphatic heterocycles. The number of hydrogen-bond acceptors (Lipinski definition) is 2. The van der Waals surface area contributed by atoms with Crippen molar-refractivity contribution in [1.29, 1.82) is 0 Å². The van der Waals surface area contributed by atoms with E-state index in [1.54, 1.807) is 24.3 Å². The number of hydrogen-bond donors (Lipinski definition) is 2. The third-order valence-corrected chi connectivity index (χ3v) is 4.81. The van der Waals surface area contributed by atoms with Crippen molar-refractivity contribution in [3.63, 3.8) is 0 Å². The monoisotopic (exact) mass is 365 g/mol. The fourth-order valence-corrected chi connectivity index (χ4v) is 3.46. The van der Waals surface area contributed by atoms with Crippen molar-refractivity contribution in [3.8, 4) is 22.7 Å². The normalized spacial score (nSPS) is 11.2. The molecule has 2 aromatic carbocycles. The molecule has 2 N–H and O–H groups in total. The average molecular weight is 366 g/mol. The molecule has 4 nitrogen and oxygen atoms in total. The summed E-state index contributed by atoms with van der Waals surface area (Å²) in [6.07, 6.45) is 0. The lowest BCUT2D eigenvalue weighted by Gasteiger charge is -2.00. The number of H-pyrrole nitrogens is 1. The highest BCUT2D eigenvalue weighted by Crippen LogP contribution is 2.39. The lowest BCUT2D eigenvalue weighted by Crippen LogP contribution is -1.94. The maximum absolute atomic E-state index is 11.0. The van der Waals surface area contributed by atoms with Crippen LogP contribution in [0.5, 0.6) is 0 Å². The molecule has 0 fully saturated rings. The van der Waals surface area contributed by atoms with E-state index in [1.807, 2.05) is 32.0 Å². The van der Waals surface area contributed by atoms with E-state index in [-0.39, 0.29) is 5.56 Å². The Morgan fingerprint density at radius 1 is 1.04 bits per heavy atom. The van der Waals surface area contributed by atoms with Gasteiger partial charge in [-0.1, -0.05) is 29.8 Å². The number of aromatic nitrogens is 1. The van der Waals surface area contributed by atoms with Crippen LogP contribution in [0.2, 0.25) is 5.02 Å². The number of benzene rings is 2. The summed E-state index contributed by atoms with van der Waals surface area (Å²) in [6, 6.07) is 14.6. The van der Waals surface area contributed by atoms with Gasteiger partial charge in [-0.2, -0.15) is 0 Å². The predicted octanol–water partition coefficient (Wildman–Crippen LogP) is 6.06. The summed E-state index contributed by atoms with van der Waals surface area (Å²) < 4.78 is 6.03. The summed E-state index contributed by atoms with van der Waals surface area (Å²) in [5, 5.41) is 10.5. The number of aromatic amines is 1. The van der Waals surface area contributed by atoms with Crippen molar-refractivity contribution in [2.24, 2.45) is 0 Å². The Kier molecular flexibility index (Phi) is 3.85. The fourth-order valence-electron chi connectivity index (χ4n) is 3.18. The Bertz CT molecular complexity index is 1140. The minimum Gasteiger partial charge on any atom is -0.478 e. The van der Waals surface area contributed by atoms with Gasteiger partial charge in [-0.05, 0) is 60.9 Å². The van der Waals surface area contributed by atoms with E-state index in [0.29, 0.717) is 10.8 Å². The second kappa shape index (κ2) is 6.07. The van der Waals surface area contributed by atoms with Gasteiger partial charge in [0.05, 0.1) is 16.3 Å². The minimum absolute atomic E-state index is 0.256. The Morgan fingerprint density at radius 2 is 1.73 bits per heavy atom. The molecule has 0 saturated heterocycles. The Balaban J connectivity index is 1.76. The maximum atomic E-state index is 11.0. The molecule has 4 aromatic rings. The fraction of sp³-hybridized carbons (Fsp3) is 0.0952. The summed E-state index contributed by atoms with van der Waals surface area (Å²) in [7, 11) is 0. The molecule has 0 aliphatic carbocycles. The topological polar surface area (TPSA) is 66.2 Å². The Morgan fingerprint density at radius 3 is 2.42 bits per heavy atom. The van der Waals surface area contributed by atoms with Crippen LogP contribution >= 0.6 is 11.6 Å². The van der Waals surface area contributed by atoms with Gasteiger partial charge in [0, 0.05) is 11.1 Å². The van der Waals surface area contributed by atoms with Gasteiger partial charge in [-0.3, -0.25) is 0 Å². The molecule has 0 saturated carbocycles. The van der Waals surface area contributed by atoms with Crippen LogP contribution in [0, 0.1) is 13.8 Å². The molecular formula is C21H16ClNO3. The molecule has 0 spiro atoms. The van der Waals surface area contributed by atoms with Crippen LogP contribution in [0.15, 0.2) is 52.9 Å². The molecule has 0 aliphatic rings. The van der Waals surface area contributed by atoms with Crippen LogP contribution in [0.4, 0.5) is 0 Å². The number of furan rings is 1. The van der Waals surface area contributed by atoms with E-state index in [2.05, 4.69) is 11.1 Å². The summed E-state index contributed by atoms with van der Waals surface area (Å²) in [5.74, 6) is -0.341. The maximum Gasteiger partial charge on any atom is 0.335 e. The van der Waals surface area contributed by atoms with Gasteiger partial charge in [0.1, 0.15) is 5.58 Å². The zero-order chi connectivity index (χ0) is 18.4. The van der Waals surface area contributed by atoms with E-state index < -0.39 is 5.97 Å². The third-order valence-electron chi connectivity index (χ3n) is 4.43. The Labute approximate surface area is 155 Å². The molecule has 0 radical (unpaired) electrons. The van der Waals surface area contributed by atoms with Gasteiger partial charge in [-0.25, -0.2) is 4.79 Å². The number of halogens is 1. The third kappa shape index (κ3) is 2.68. The molecule has 2 aromatic heterocycles. The molecule has 0 unspecified atom stereocenters.